The fraction of sp³-hybridized carbons (Fsp3) is 0.417. The summed E-state index contributed by atoms with van der Waals surface area (Å²) in [6.07, 6.45) is 2.16. The first-order chi connectivity index (χ1) is 8.65. The second-order valence-electron chi connectivity index (χ2n) is 4.09. The van der Waals surface area contributed by atoms with Gasteiger partial charge in [-0.15, -0.1) is 0 Å². The number of anilines is 1. The van der Waals surface area contributed by atoms with Gasteiger partial charge in [-0.2, -0.15) is 0 Å². The van der Waals surface area contributed by atoms with Crippen LogP contribution in [0.5, 0.6) is 0 Å². The SMILES string of the molecule is O=C(NCC1CCCO1)Nc1ccc(Cl)cc1Cl. The summed E-state index contributed by atoms with van der Waals surface area (Å²) in [5, 5.41) is 6.36. The van der Waals surface area contributed by atoms with Gasteiger partial charge in [0.1, 0.15) is 0 Å². The minimum absolute atomic E-state index is 0.122. The number of nitrogens with one attached hydrogen (secondary N) is 2. The highest BCUT2D eigenvalue weighted by Crippen LogP contribution is 2.25. The molecule has 1 saturated heterocycles. The van der Waals surface area contributed by atoms with E-state index >= 15 is 0 Å². The Balaban J connectivity index is 1.82. The van der Waals surface area contributed by atoms with Gasteiger partial charge in [0, 0.05) is 18.2 Å². The highest BCUT2D eigenvalue weighted by atomic mass is 35.5. The zero-order valence-corrected chi connectivity index (χ0v) is 11.2. The van der Waals surface area contributed by atoms with Crippen molar-refractivity contribution >= 4 is 34.9 Å². The van der Waals surface area contributed by atoms with Crippen LogP contribution >= 0.6 is 23.2 Å². The quantitative estimate of drug-likeness (QED) is 0.897. The van der Waals surface area contributed by atoms with E-state index in [1.165, 1.54) is 0 Å². The van der Waals surface area contributed by atoms with Crippen molar-refractivity contribution in [2.24, 2.45) is 0 Å². The number of carbonyl (C=O) groups excluding carboxylic acids is 1. The van der Waals surface area contributed by atoms with Crippen LogP contribution in [0.3, 0.4) is 0 Å². The van der Waals surface area contributed by atoms with Gasteiger partial charge in [0.15, 0.2) is 0 Å². The summed E-state index contributed by atoms with van der Waals surface area (Å²) in [6.45, 7) is 1.29. The van der Waals surface area contributed by atoms with Crippen LogP contribution in [-0.2, 0) is 4.74 Å². The third kappa shape index (κ3) is 3.77. The maximum Gasteiger partial charge on any atom is 0.319 e. The summed E-state index contributed by atoms with van der Waals surface area (Å²) in [4.78, 5) is 11.6. The first-order valence-corrected chi connectivity index (χ1v) is 6.52. The van der Waals surface area contributed by atoms with Crippen LogP contribution in [0.4, 0.5) is 10.5 Å². The van der Waals surface area contributed by atoms with E-state index in [1.54, 1.807) is 18.2 Å². The van der Waals surface area contributed by atoms with Crippen LogP contribution < -0.4 is 10.6 Å². The molecule has 6 heteroatoms. The number of urea groups is 1. The Morgan fingerprint density at radius 1 is 1.44 bits per heavy atom. The maximum atomic E-state index is 11.6. The summed E-state index contributed by atoms with van der Waals surface area (Å²) in [5.74, 6) is 0. The number of rotatable bonds is 3. The minimum atomic E-state index is -0.297. The zero-order chi connectivity index (χ0) is 13.0. The average molecular weight is 289 g/mol. The molecule has 1 aliphatic heterocycles. The van der Waals surface area contributed by atoms with E-state index in [0.29, 0.717) is 22.3 Å². The molecule has 2 N–H and O–H groups in total. The van der Waals surface area contributed by atoms with Gasteiger partial charge in [-0.1, -0.05) is 23.2 Å². The molecule has 0 radical (unpaired) electrons. The number of hydrogen-bond acceptors (Lipinski definition) is 2. The van der Waals surface area contributed by atoms with E-state index in [0.717, 1.165) is 19.4 Å². The van der Waals surface area contributed by atoms with Gasteiger partial charge in [0.2, 0.25) is 0 Å². The summed E-state index contributed by atoms with van der Waals surface area (Å²) < 4.78 is 5.41. The third-order valence-corrected chi connectivity index (χ3v) is 3.24. The topological polar surface area (TPSA) is 50.4 Å². The molecule has 4 nitrogen and oxygen atoms in total. The molecule has 0 saturated carbocycles. The lowest BCUT2D eigenvalue weighted by Gasteiger charge is -2.12. The van der Waals surface area contributed by atoms with Gasteiger partial charge in [0.05, 0.1) is 16.8 Å². The molecule has 98 valence electrons. The van der Waals surface area contributed by atoms with Crippen molar-refractivity contribution in [2.75, 3.05) is 18.5 Å². The van der Waals surface area contributed by atoms with Crippen LogP contribution in [0.25, 0.3) is 0 Å². The van der Waals surface area contributed by atoms with Crippen molar-refractivity contribution in [1.29, 1.82) is 0 Å². The minimum Gasteiger partial charge on any atom is -0.376 e. The Morgan fingerprint density at radius 3 is 2.94 bits per heavy atom. The molecule has 1 fully saturated rings. The highest BCUT2D eigenvalue weighted by molar-refractivity contribution is 6.36. The Hall–Kier alpha value is -0.970. The van der Waals surface area contributed by atoms with Gasteiger partial charge >= 0.3 is 6.03 Å². The molecule has 0 bridgehead atoms. The fourth-order valence-corrected chi connectivity index (χ4v) is 2.22. The monoisotopic (exact) mass is 288 g/mol. The van der Waals surface area contributed by atoms with Gasteiger partial charge in [-0.05, 0) is 31.0 Å². The molecule has 1 aromatic carbocycles. The lowest BCUT2D eigenvalue weighted by molar-refractivity contribution is 0.112. The number of ether oxygens (including phenoxy) is 1. The van der Waals surface area contributed by atoms with Crippen molar-refractivity contribution in [2.45, 2.75) is 18.9 Å². The standard InChI is InChI=1S/C12H14Cl2N2O2/c13-8-3-4-11(10(14)6-8)16-12(17)15-7-9-2-1-5-18-9/h3-4,6,9H,1-2,5,7H2,(H2,15,16,17). The molecular formula is C12H14Cl2N2O2. The first kappa shape index (κ1) is 13.5. The van der Waals surface area contributed by atoms with E-state index in [-0.39, 0.29) is 12.1 Å². The third-order valence-electron chi connectivity index (χ3n) is 2.69. The molecule has 1 aromatic rings. The second kappa shape index (κ2) is 6.27. The number of amides is 2. The smallest absolute Gasteiger partial charge is 0.319 e. The molecule has 2 amide bonds. The summed E-state index contributed by atoms with van der Waals surface area (Å²) in [7, 11) is 0. The Kier molecular flexibility index (Phi) is 4.69. The van der Waals surface area contributed by atoms with E-state index in [2.05, 4.69) is 10.6 Å². The van der Waals surface area contributed by atoms with Gasteiger partial charge in [-0.3, -0.25) is 0 Å². The first-order valence-electron chi connectivity index (χ1n) is 5.76. The maximum absolute atomic E-state index is 11.6. The fourth-order valence-electron chi connectivity index (χ4n) is 1.77. The van der Waals surface area contributed by atoms with Crippen LogP contribution in [0.2, 0.25) is 10.0 Å². The lowest BCUT2D eigenvalue weighted by atomic mass is 10.2. The largest absolute Gasteiger partial charge is 0.376 e. The number of carbonyl (C=O) groups is 1. The van der Waals surface area contributed by atoms with Crippen molar-refractivity contribution in [3.8, 4) is 0 Å². The van der Waals surface area contributed by atoms with Crippen LogP contribution in [0.15, 0.2) is 18.2 Å². The Morgan fingerprint density at radius 2 is 2.28 bits per heavy atom. The summed E-state index contributed by atoms with van der Waals surface area (Å²) in [5.41, 5.74) is 0.533. The van der Waals surface area contributed by atoms with Crippen LogP contribution in [0, 0.1) is 0 Å². The molecule has 18 heavy (non-hydrogen) atoms. The molecule has 1 heterocycles. The molecule has 2 rings (SSSR count). The zero-order valence-electron chi connectivity index (χ0n) is 9.71. The van der Waals surface area contributed by atoms with Crippen molar-refractivity contribution in [3.05, 3.63) is 28.2 Å². The van der Waals surface area contributed by atoms with Gasteiger partial charge in [0.25, 0.3) is 0 Å². The lowest BCUT2D eigenvalue weighted by Crippen LogP contribution is -2.35. The molecule has 1 aliphatic rings. The van der Waals surface area contributed by atoms with E-state index in [4.69, 9.17) is 27.9 Å². The number of benzene rings is 1. The van der Waals surface area contributed by atoms with E-state index < -0.39 is 0 Å². The van der Waals surface area contributed by atoms with Gasteiger partial charge < -0.3 is 15.4 Å². The Bertz CT molecular complexity index is 434. The summed E-state index contributed by atoms with van der Waals surface area (Å²) >= 11 is 11.7. The highest BCUT2D eigenvalue weighted by Gasteiger charge is 2.16. The van der Waals surface area contributed by atoms with Crippen LogP contribution in [0.1, 0.15) is 12.8 Å². The normalized spacial score (nSPS) is 18.7. The molecule has 1 atom stereocenters. The van der Waals surface area contributed by atoms with Crippen LogP contribution in [-0.4, -0.2) is 25.3 Å². The number of halogens is 2. The molecule has 0 aromatic heterocycles. The van der Waals surface area contributed by atoms with Gasteiger partial charge in [-0.25, -0.2) is 4.79 Å². The summed E-state index contributed by atoms with van der Waals surface area (Å²) in [6, 6.07) is 4.62. The second-order valence-corrected chi connectivity index (χ2v) is 4.94. The molecule has 1 unspecified atom stereocenters. The van der Waals surface area contributed by atoms with E-state index in [9.17, 15) is 4.79 Å². The number of hydrogen-bond donors (Lipinski definition) is 2. The molecule has 0 spiro atoms. The average Bonchev–Trinajstić information content (AvgIpc) is 2.83. The van der Waals surface area contributed by atoms with E-state index in [1.807, 2.05) is 0 Å². The Labute approximate surface area is 116 Å². The van der Waals surface area contributed by atoms with Crippen molar-refractivity contribution < 1.29 is 9.53 Å². The van der Waals surface area contributed by atoms with Crippen molar-refractivity contribution in [3.63, 3.8) is 0 Å². The molecule has 0 aliphatic carbocycles. The molecular weight excluding hydrogens is 275 g/mol. The van der Waals surface area contributed by atoms with Crippen molar-refractivity contribution in [1.82, 2.24) is 5.32 Å². The predicted octanol–water partition coefficient (Wildman–Crippen LogP) is 3.29. The predicted molar refractivity (Wildman–Crippen MR) is 72.5 cm³/mol.